The number of aliphatic hydroxyl groups is 1. The third-order valence-corrected chi connectivity index (χ3v) is 3.18. The van der Waals surface area contributed by atoms with Crippen LogP contribution in [0.5, 0.6) is 0 Å². The van der Waals surface area contributed by atoms with E-state index in [9.17, 15) is 5.11 Å². The first kappa shape index (κ1) is 10.5. The first-order chi connectivity index (χ1) is 7.40. The molecular formula is C13H18O2. The second-order valence-corrected chi connectivity index (χ2v) is 4.23. The Morgan fingerprint density at radius 3 is 2.80 bits per heavy atom. The maximum Gasteiger partial charge on any atom is 0.126 e. The van der Waals surface area contributed by atoms with Gasteiger partial charge in [0.2, 0.25) is 0 Å². The molecule has 0 aromatic carbocycles. The third-order valence-electron chi connectivity index (χ3n) is 3.18. The fraction of sp³-hybridized carbons (Fsp3) is 0.538. The van der Waals surface area contributed by atoms with Gasteiger partial charge < -0.3 is 9.52 Å². The van der Waals surface area contributed by atoms with Crippen molar-refractivity contribution in [2.45, 2.75) is 32.1 Å². The van der Waals surface area contributed by atoms with Crippen LogP contribution in [0.1, 0.15) is 37.9 Å². The van der Waals surface area contributed by atoms with E-state index in [4.69, 9.17) is 4.42 Å². The van der Waals surface area contributed by atoms with E-state index in [2.05, 4.69) is 0 Å². The summed E-state index contributed by atoms with van der Waals surface area (Å²) in [7, 11) is 0. The predicted octanol–water partition coefficient (Wildman–Crippen LogP) is 3.24. The van der Waals surface area contributed by atoms with Gasteiger partial charge in [0.25, 0.3) is 0 Å². The van der Waals surface area contributed by atoms with Crippen LogP contribution in [0.4, 0.5) is 0 Å². The minimum atomic E-state index is 0.158. The average molecular weight is 206 g/mol. The van der Waals surface area contributed by atoms with E-state index in [1.54, 1.807) is 6.26 Å². The molecule has 1 aromatic rings. The lowest BCUT2D eigenvalue weighted by Crippen LogP contribution is -2.11. The van der Waals surface area contributed by atoms with Gasteiger partial charge in [-0.05, 0) is 42.5 Å². The molecule has 1 heterocycles. The van der Waals surface area contributed by atoms with Crippen LogP contribution in [-0.4, -0.2) is 11.7 Å². The zero-order valence-electron chi connectivity index (χ0n) is 8.98. The van der Waals surface area contributed by atoms with Gasteiger partial charge in [-0.2, -0.15) is 0 Å². The molecule has 0 amide bonds. The molecule has 1 fully saturated rings. The summed E-state index contributed by atoms with van der Waals surface area (Å²) >= 11 is 0. The normalized spacial score (nSPS) is 19.4. The van der Waals surface area contributed by atoms with Crippen LogP contribution in [0.3, 0.4) is 0 Å². The molecule has 0 saturated heterocycles. The smallest absolute Gasteiger partial charge is 0.126 e. The minimum absolute atomic E-state index is 0.158. The Labute approximate surface area is 90.6 Å². The van der Waals surface area contributed by atoms with Crippen molar-refractivity contribution in [1.29, 1.82) is 0 Å². The maximum absolute atomic E-state index is 9.37. The summed E-state index contributed by atoms with van der Waals surface area (Å²) in [6.45, 7) is 0.158. The molecule has 1 saturated carbocycles. The molecule has 82 valence electrons. The Morgan fingerprint density at radius 2 is 2.20 bits per heavy atom. The van der Waals surface area contributed by atoms with Gasteiger partial charge in [-0.1, -0.05) is 19.3 Å². The molecule has 0 unspecified atom stereocenters. The predicted molar refractivity (Wildman–Crippen MR) is 60.3 cm³/mol. The van der Waals surface area contributed by atoms with E-state index in [0.717, 1.165) is 11.3 Å². The molecule has 15 heavy (non-hydrogen) atoms. The van der Waals surface area contributed by atoms with Crippen molar-refractivity contribution < 1.29 is 9.52 Å². The summed E-state index contributed by atoms with van der Waals surface area (Å²) in [6.07, 6.45) is 10.0. The van der Waals surface area contributed by atoms with Crippen molar-refractivity contribution in [2.75, 3.05) is 6.61 Å². The van der Waals surface area contributed by atoms with Crippen molar-refractivity contribution >= 4 is 6.08 Å². The molecule has 2 rings (SSSR count). The monoisotopic (exact) mass is 206 g/mol. The zero-order valence-corrected chi connectivity index (χ0v) is 8.98. The summed E-state index contributed by atoms with van der Waals surface area (Å²) in [5.74, 6) is 1.42. The number of furan rings is 1. The van der Waals surface area contributed by atoms with Gasteiger partial charge in [0.05, 0.1) is 12.9 Å². The van der Waals surface area contributed by atoms with Gasteiger partial charge in [0, 0.05) is 0 Å². The largest absolute Gasteiger partial charge is 0.465 e. The molecule has 0 bridgehead atoms. The molecule has 1 aliphatic rings. The van der Waals surface area contributed by atoms with E-state index in [0.29, 0.717) is 5.92 Å². The van der Waals surface area contributed by atoms with Crippen molar-refractivity contribution in [3.05, 3.63) is 29.7 Å². The van der Waals surface area contributed by atoms with Crippen LogP contribution in [-0.2, 0) is 0 Å². The van der Waals surface area contributed by atoms with Crippen LogP contribution >= 0.6 is 0 Å². The van der Waals surface area contributed by atoms with Gasteiger partial charge in [0.15, 0.2) is 0 Å². The summed E-state index contributed by atoms with van der Waals surface area (Å²) in [5, 5.41) is 9.37. The molecule has 2 heteroatoms. The lowest BCUT2D eigenvalue weighted by Gasteiger charge is -2.23. The number of hydrogen-bond donors (Lipinski definition) is 1. The standard InChI is InChI=1S/C13H18O2/c14-10-12(9-13-7-4-8-15-13)11-5-2-1-3-6-11/h4,7-9,11,14H,1-3,5-6,10H2. The quantitative estimate of drug-likeness (QED) is 0.823. The highest BCUT2D eigenvalue weighted by molar-refractivity contribution is 5.48. The van der Waals surface area contributed by atoms with Gasteiger partial charge in [-0.25, -0.2) is 0 Å². The molecule has 0 aliphatic heterocycles. The second kappa shape index (κ2) is 5.17. The Kier molecular flexibility index (Phi) is 3.62. The Hall–Kier alpha value is -1.02. The average Bonchev–Trinajstić information content (AvgIpc) is 2.80. The SMILES string of the molecule is OCC(=Cc1ccco1)C1CCCCC1. The van der Waals surface area contributed by atoms with Crippen molar-refractivity contribution in [1.82, 2.24) is 0 Å². The fourth-order valence-corrected chi connectivity index (χ4v) is 2.32. The van der Waals surface area contributed by atoms with Gasteiger partial charge in [0.1, 0.15) is 5.76 Å². The molecule has 2 nitrogen and oxygen atoms in total. The fourth-order valence-electron chi connectivity index (χ4n) is 2.32. The van der Waals surface area contributed by atoms with E-state index in [-0.39, 0.29) is 6.61 Å². The molecule has 1 aromatic heterocycles. The molecule has 0 radical (unpaired) electrons. The minimum Gasteiger partial charge on any atom is -0.465 e. The summed E-state index contributed by atoms with van der Waals surface area (Å²) < 4.78 is 5.27. The highest BCUT2D eigenvalue weighted by Gasteiger charge is 2.17. The first-order valence-electron chi connectivity index (χ1n) is 5.75. The van der Waals surface area contributed by atoms with Crippen LogP contribution in [0.15, 0.2) is 28.4 Å². The van der Waals surface area contributed by atoms with Crippen molar-refractivity contribution in [3.63, 3.8) is 0 Å². The van der Waals surface area contributed by atoms with Gasteiger partial charge >= 0.3 is 0 Å². The van der Waals surface area contributed by atoms with E-state index in [1.807, 2.05) is 18.2 Å². The molecule has 1 N–H and O–H groups in total. The number of rotatable bonds is 3. The number of aliphatic hydroxyl groups excluding tert-OH is 1. The zero-order chi connectivity index (χ0) is 10.5. The van der Waals surface area contributed by atoms with Crippen LogP contribution < -0.4 is 0 Å². The lowest BCUT2D eigenvalue weighted by molar-refractivity contribution is 0.294. The number of hydrogen-bond acceptors (Lipinski definition) is 2. The molecular weight excluding hydrogens is 188 g/mol. The Morgan fingerprint density at radius 1 is 1.40 bits per heavy atom. The summed E-state index contributed by atoms with van der Waals surface area (Å²) in [6, 6.07) is 3.81. The molecule has 1 aliphatic carbocycles. The summed E-state index contributed by atoms with van der Waals surface area (Å²) in [4.78, 5) is 0. The lowest BCUT2D eigenvalue weighted by atomic mass is 9.83. The Bertz CT molecular complexity index is 305. The molecule has 0 atom stereocenters. The van der Waals surface area contributed by atoms with Gasteiger partial charge in [-0.3, -0.25) is 0 Å². The Balaban J connectivity index is 2.08. The van der Waals surface area contributed by atoms with Crippen LogP contribution in [0, 0.1) is 5.92 Å². The highest BCUT2D eigenvalue weighted by Crippen LogP contribution is 2.30. The summed E-state index contributed by atoms with van der Waals surface area (Å²) in [5.41, 5.74) is 1.13. The van der Waals surface area contributed by atoms with Crippen LogP contribution in [0.2, 0.25) is 0 Å². The van der Waals surface area contributed by atoms with Crippen molar-refractivity contribution in [2.24, 2.45) is 5.92 Å². The van der Waals surface area contributed by atoms with E-state index < -0.39 is 0 Å². The molecule has 0 spiro atoms. The first-order valence-corrected chi connectivity index (χ1v) is 5.75. The van der Waals surface area contributed by atoms with Crippen molar-refractivity contribution in [3.8, 4) is 0 Å². The highest BCUT2D eigenvalue weighted by atomic mass is 16.3. The third kappa shape index (κ3) is 2.72. The maximum atomic E-state index is 9.37. The second-order valence-electron chi connectivity index (χ2n) is 4.23. The van der Waals surface area contributed by atoms with E-state index in [1.165, 1.54) is 32.1 Å². The van der Waals surface area contributed by atoms with E-state index >= 15 is 0 Å². The van der Waals surface area contributed by atoms with Gasteiger partial charge in [-0.15, -0.1) is 0 Å². The topological polar surface area (TPSA) is 33.4 Å². The van der Waals surface area contributed by atoms with Crippen LogP contribution in [0.25, 0.3) is 6.08 Å².